The molecule has 0 aromatic heterocycles. The summed E-state index contributed by atoms with van der Waals surface area (Å²) in [5.41, 5.74) is 0.474. The van der Waals surface area contributed by atoms with Crippen molar-refractivity contribution in [1.82, 2.24) is 0 Å². The van der Waals surface area contributed by atoms with Gasteiger partial charge in [0, 0.05) is 11.3 Å². The van der Waals surface area contributed by atoms with Crippen LogP contribution >= 0.6 is 27.5 Å². The Morgan fingerprint density at radius 3 is 2.53 bits per heavy atom. The largest absolute Gasteiger partial charge is 0.386 e. The van der Waals surface area contributed by atoms with Crippen LogP contribution in [-0.4, -0.2) is 23.4 Å². The van der Waals surface area contributed by atoms with Crippen LogP contribution in [0.2, 0.25) is 5.02 Å². The molecule has 1 N–H and O–H groups in total. The number of hydrogen-bond donors (Lipinski definition) is 1. The zero-order valence-corrected chi connectivity index (χ0v) is 12.7. The van der Waals surface area contributed by atoms with Crippen LogP contribution in [0.4, 0.5) is 0 Å². The molecule has 0 bridgehead atoms. The molecule has 1 aromatic rings. The molecule has 0 amide bonds. The molecule has 3 nitrogen and oxygen atoms in total. The Labute approximate surface area is 115 Å². The van der Waals surface area contributed by atoms with Gasteiger partial charge in [0.1, 0.15) is 6.10 Å². The molecule has 0 radical (unpaired) electrons. The predicted molar refractivity (Wildman–Crippen MR) is 73.2 cm³/mol. The van der Waals surface area contributed by atoms with Gasteiger partial charge in [-0.2, -0.15) is 0 Å². The number of benzene rings is 1. The monoisotopic (exact) mass is 340 g/mol. The second-order valence-corrected chi connectivity index (χ2v) is 8.52. The molecule has 0 heterocycles. The molecule has 0 fully saturated rings. The number of sulfone groups is 1. The van der Waals surface area contributed by atoms with Crippen LogP contribution < -0.4 is 0 Å². The van der Waals surface area contributed by atoms with Crippen molar-refractivity contribution in [3.63, 3.8) is 0 Å². The van der Waals surface area contributed by atoms with E-state index < -0.39 is 19.6 Å². The summed E-state index contributed by atoms with van der Waals surface area (Å²) >= 11 is 8.97. The Balaban J connectivity index is 3.24. The highest BCUT2D eigenvalue weighted by Gasteiger charge is 2.44. The van der Waals surface area contributed by atoms with E-state index in [0.717, 1.165) is 6.26 Å². The van der Waals surface area contributed by atoms with E-state index in [0.29, 0.717) is 10.6 Å². The third-order valence-corrected chi connectivity index (χ3v) is 7.41. The van der Waals surface area contributed by atoms with Gasteiger partial charge in [-0.1, -0.05) is 46.6 Å². The van der Waals surface area contributed by atoms with Crippen LogP contribution in [0, 0.1) is 0 Å². The third kappa shape index (κ3) is 3.02. The fourth-order valence-electron chi connectivity index (χ4n) is 1.58. The second kappa shape index (κ2) is 5.26. The first-order valence-corrected chi connectivity index (χ1v) is 8.10. The zero-order chi connectivity index (χ0) is 13.3. The normalized spacial score (nSPS) is 17.5. The number of alkyl halides is 1. The molecule has 0 saturated heterocycles. The van der Waals surface area contributed by atoms with Crippen molar-refractivity contribution in [3.8, 4) is 0 Å². The van der Waals surface area contributed by atoms with Gasteiger partial charge in [0.25, 0.3) is 0 Å². The summed E-state index contributed by atoms with van der Waals surface area (Å²) in [5, 5.41) is 10.7. The lowest BCUT2D eigenvalue weighted by Crippen LogP contribution is -2.37. The van der Waals surface area contributed by atoms with E-state index in [1.807, 2.05) is 0 Å². The van der Waals surface area contributed by atoms with Crippen LogP contribution in [0.3, 0.4) is 0 Å². The highest BCUT2D eigenvalue weighted by atomic mass is 79.9. The highest BCUT2D eigenvalue weighted by Crippen LogP contribution is 2.41. The number of rotatable bonds is 4. The Morgan fingerprint density at radius 1 is 1.53 bits per heavy atom. The maximum atomic E-state index is 11.7. The minimum atomic E-state index is -3.45. The molecule has 6 heteroatoms. The molecular weight excluding hydrogens is 328 g/mol. The van der Waals surface area contributed by atoms with Gasteiger partial charge in [-0.15, -0.1) is 0 Å². The molecule has 0 saturated carbocycles. The molecular formula is C11H14BrClO3S. The van der Waals surface area contributed by atoms with Gasteiger partial charge in [0.2, 0.25) is 0 Å². The average molecular weight is 342 g/mol. The molecule has 0 aliphatic rings. The smallest absolute Gasteiger partial charge is 0.166 e. The number of aliphatic hydroxyl groups is 1. The summed E-state index contributed by atoms with van der Waals surface area (Å²) in [6.07, 6.45) is 0.180. The van der Waals surface area contributed by atoms with E-state index in [9.17, 15) is 13.5 Å². The fraction of sp³-hybridized carbons (Fsp3) is 0.455. The molecule has 0 spiro atoms. The number of halogens is 2. The Bertz CT molecular complexity index is 503. The van der Waals surface area contributed by atoms with E-state index in [2.05, 4.69) is 15.9 Å². The lowest BCUT2D eigenvalue weighted by molar-refractivity contribution is 0.160. The molecule has 1 rings (SSSR count). The molecule has 0 aliphatic heterocycles. The van der Waals surface area contributed by atoms with Gasteiger partial charge in [0.15, 0.2) is 13.5 Å². The van der Waals surface area contributed by atoms with Gasteiger partial charge in [0.05, 0.1) is 0 Å². The average Bonchev–Trinajstić information content (AvgIpc) is 2.25. The van der Waals surface area contributed by atoms with Crippen LogP contribution in [0.1, 0.15) is 25.0 Å². The predicted octanol–water partition coefficient (Wildman–Crippen LogP) is 2.92. The first-order chi connectivity index (χ1) is 7.72. The summed E-state index contributed by atoms with van der Waals surface area (Å²) in [6, 6.07) is 6.54. The summed E-state index contributed by atoms with van der Waals surface area (Å²) in [4.78, 5) is 0. The zero-order valence-electron chi connectivity index (χ0n) is 9.52. The first-order valence-electron chi connectivity index (χ1n) is 5.04. The lowest BCUT2D eigenvalue weighted by Gasteiger charge is -2.30. The Hall–Kier alpha value is -0.100. The van der Waals surface area contributed by atoms with Crippen LogP contribution in [0.15, 0.2) is 24.3 Å². The van der Waals surface area contributed by atoms with Crippen molar-refractivity contribution in [2.45, 2.75) is 23.1 Å². The highest BCUT2D eigenvalue weighted by molar-refractivity contribution is 9.11. The van der Waals surface area contributed by atoms with E-state index in [-0.39, 0.29) is 6.42 Å². The third-order valence-electron chi connectivity index (χ3n) is 2.67. The van der Waals surface area contributed by atoms with Gasteiger partial charge >= 0.3 is 0 Å². The van der Waals surface area contributed by atoms with Gasteiger partial charge in [-0.25, -0.2) is 8.42 Å². The first kappa shape index (κ1) is 15.0. The van der Waals surface area contributed by atoms with Crippen LogP contribution in [-0.2, 0) is 9.84 Å². The van der Waals surface area contributed by atoms with E-state index in [1.54, 1.807) is 31.2 Å². The maximum Gasteiger partial charge on any atom is 0.166 e. The topological polar surface area (TPSA) is 54.4 Å². The van der Waals surface area contributed by atoms with Gasteiger partial charge in [-0.05, 0) is 24.1 Å². The summed E-state index contributed by atoms with van der Waals surface area (Å²) in [7, 11) is -3.45. The second-order valence-electron chi connectivity index (χ2n) is 3.87. The molecule has 2 atom stereocenters. The Kier molecular flexibility index (Phi) is 4.63. The van der Waals surface area contributed by atoms with Gasteiger partial charge < -0.3 is 5.11 Å². The van der Waals surface area contributed by atoms with Gasteiger partial charge in [-0.3, -0.25) is 0 Å². The standard InChI is InChI=1S/C11H14BrClO3S/c1-3-11(12,17(2,15)16)10(14)8-5-4-6-9(13)7-8/h4-7,10,14H,3H2,1-2H3/t10-,11-/m1/s1. The number of hydrogen-bond acceptors (Lipinski definition) is 3. The summed E-state index contributed by atoms with van der Waals surface area (Å²) in [6.45, 7) is 1.70. The molecule has 1 aromatic carbocycles. The van der Waals surface area contributed by atoms with E-state index in [1.165, 1.54) is 0 Å². The SMILES string of the molecule is CC[C@](Br)([C@H](O)c1cccc(Cl)c1)S(C)(=O)=O. The maximum absolute atomic E-state index is 11.7. The fourth-order valence-corrected chi connectivity index (χ4v) is 3.11. The lowest BCUT2D eigenvalue weighted by atomic mass is 10.1. The molecule has 96 valence electrons. The van der Waals surface area contributed by atoms with E-state index >= 15 is 0 Å². The van der Waals surface area contributed by atoms with Crippen molar-refractivity contribution in [3.05, 3.63) is 34.9 Å². The summed E-state index contributed by atoms with van der Waals surface area (Å²) < 4.78 is 22.1. The van der Waals surface area contributed by atoms with Crippen molar-refractivity contribution in [2.75, 3.05) is 6.26 Å². The van der Waals surface area contributed by atoms with E-state index in [4.69, 9.17) is 11.6 Å². The van der Waals surface area contributed by atoms with Crippen LogP contribution in [0.25, 0.3) is 0 Å². The van der Waals surface area contributed by atoms with Crippen LogP contribution in [0.5, 0.6) is 0 Å². The van der Waals surface area contributed by atoms with Crippen molar-refractivity contribution < 1.29 is 13.5 Å². The Morgan fingerprint density at radius 2 is 2.12 bits per heavy atom. The van der Waals surface area contributed by atoms with Crippen molar-refractivity contribution in [1.29, 1.82) is 0 Å². The minimum Gasteiger partial charge on any atom is -0.386 e. The quantitative estimate of drug-likeness (QED) is 0.857. The molecule has 0 unspecified atom stereocenters. The van der Waals surface area contributed by atoms with Crippen molar-refractivity contribution >= 4 is 37.4 Å². The summed E-state index contributed by atoms with van der Waals surface area (Å²) in [5.74, 6) is 0. The molecule has 17 heavy (non-hydrogen) atoms. The van der Waals surface area contributed by atoms with Crippen molar-refractivity contribution in [2.24, 2.45) is 0 Å². The molecule has 0 aliphatic carbocycles. The minimum absolute atomic E-state index is 0.250. The number of aliphatic hydroxyl groups excluding tert-OH is 1.